The van der Waals surface area contributed by atoms with Gasteiger partial charge in [0.25, 0.3) is 0 Å². The summed E-state index contributed by atoms with van der Waals surface area (Å²) >= 11 is 1.67. The monoisotopic (exact) mass is 214 g/mol. The highest BCUT2D eigenvalue weighted by Gasteiger charge is 2.02. The van der Waals surface area contributed by atoms with E-state index in [1.807, 2.05) is 36.6 Å². The van der Waals surface area contributed by atoms with Gasteiger partial charge in [-0.2, -0.15) is 5.26 Å². The van der Waals surface area contributed by atoms with Crippen LogP contribution in [-0.2, 0) is 0 Å². The normalized spacial score (nSPS) is 11.2. The van der Waals surface area contributed by atoms with Crippen molar-refractivity contribution in [2.75, 3.05) is 6.26 Å². The fourth-order valence-electron chi connectivity index (χ4n) is 0.886. The standard InChI is InChI=1S/C9H10N2S.ClH/c1-12-8-4-2-7(3-5-8)9(11)6-10;/h2-5,9H,11H2,1H3;1H. The molecule has 1 aromatic rings. The topological polar surface area (TPSA) is 49.8 Å². The summed E-state index contributed by atoms with van der Waals surface area (Å²) in [6, 6.07) is 9.21. The van der Waals surface area contributed by atoms with E-state index in [1.54, 1.807) is 11.8 Å². The summed E-state index contributed by atoms with van der Waals surface area (Å²) < 4.78 is 0. The Kier molecular flexibility index (Phi) is 5.56. The molecule has 0 bridgehead atoms. The molecule has 0 aromatic heterocycles. The molecule has 1 unspecified atom stereocenters. The number of nitrogens with two attached hydrogens (primary N) is 1. The Morgan fingerprint density at radius 1 is 1.38 bits per heavy atom. The third-order valence-corrected chi connectivity index (χ3v) is 2.36. The van der Waals surface area contributed by atoms with E-state index in [0.717, 1.165) is 5.56 Å². The molecule has 13 heavy (non-hydrogen) atoms. The molecular weight excluding hydrogens is 204 g/mol. The lowest BCUT2D eigenvalue weighted by atomic mass is 10.1. The summed E-state index contributed by atoms with van der Waals surface area (Å²) in [7, 11) is 0. The molecule has 0 saturated heterocycles. The lowest BCUT2D eigenvalue weighted by Crippen LogP contribution is -2.06. The van der Waals surface area contributed by atoms with Gasteiger partial charge in [-0.25, -0.2) is 0 Å². The van der Waals surface area contributed by atoms with Crippen LogP contribution in [0, 0.1) is 11.3 Å². The van der Waals surface area contributed by atoms with Crippen LogP contribution in [0.4, 0.5) is 0 Å². The van der Waals surface area contributed by atoms with E-state index in [1.165, 1.54) is 4.90 Å². The van der Waals surface area contributed by atoms with Gasteiger partial charge < -0.3 is 5.73 Å². The molecule has 4 heteroatoms. The van der Waals surface area contributed by atoms with Crippen molar-refractivity contribution in [3.8, 4) is 6.07 Å². The number of nitrogens with zero attached hydrogens (tertiary/aromatic N) is 1. The molecule has 1 atom stereocenters. The van der Waals surface area contributed by atoms with Crippen molar-refractivity contribution in [2.45, 2.75) is 10.9 Å². The Morgan fingerprint density at radius 3 is 2.31 bits per heavy atom. The molecule has 0 spiro atoms. The van der Waals surface area contributed by atoms with Gasteiger partial charge in [0.2, 0.25) is 0 Å². The lowest BCUT2D eigenvalue weighted by Gasteiger charge is -2.02. The lowest BCUT2D eigenvalue weighted by molar-refractivity contribution is 0.924. The summed E-state index contributed by atoms with van der Waals surface area (Å²) in [5, 5.41) is 8.53. The highest BCUT2D eigenvalue weighted by Crippen LogP contribution is 2.17. The Labute approximate surface area is 88.5 Å². The van der Waals surface area contributed by atoms with Gasteiger partial charge in [-0.3, -0.25) is 0 Å². The summed E-state index contributed by atoms with van der Waals surface area (Å²) in [6.07, 6.45) is 2.01. The smallest absolute Gasteiger partial charge is 0.118 e. The van der Waals surface area contributed by atoms with E-state index in [0.29, 0.717) is 0 Å². The van der Waals surface area contributed by atoms with E-state index >= 15 is 0 Å². The summed E-state index contributed by atoms with van der Waals surface area (Å²) in [6.45, 7) is 0. The van der Waals surface area contributed by atoms with Crippen LogP contribution in [0.15, 0.2) is 29.2 Å². The second-order valence-electron chi connectivity index (χ2n) is 2.38. The van der Waals surface area contributed by atoms with Gasteiger partial charge >= 0.3 is 0 Å². The van der Waals surface area contributed by atoms with E-state index in [4.69, 9.17) is 11.0 Å². The van der Waals surface area contributed by atoms with Crippen LogP contribution >= 0.6 is 24.2 Å². The first kappa shape index (κ1) is 12.3. The van der Waals surface area contributed by atoms with Gasteiger partial charge in [-0.05, 0) is 24.0 Å². The first-order valence-electron chi connectivity index (χ1n) is 3.57. The van der Waals surface area contributed by atoms with Crippen LogP contribution in [0.5, 0.6) is 0 Å². The minimum Gasteiger partial charge on any atom is -0.312 e. The minimum atomic E-state index is -0.499. The predicted molar refractivity (Wildman–Crippen MR) is 58.0 cm³/mol. The second-order valence-corrected chi connectivity index (χ2v) is 3.26. The Balaban J connectivity index is 0.00000144. The maximum atomic E-state index is 8.53. The van der Waals surface area contributed by atoms with Crippen LogP contribution in [0.3, 0.4) is 0 Å². The van der Waals surface area contributed by atoms with Crippen LogP contribution in [0.2, 0.25) is 0 Å². The fourth-order valence-corrected chi connectivity index (χ4v) is 1.29. The third kappa shape index (κ3) is 3.27. The number of hydrogen-bond donors (Lipinski definition) is 1. The molecule has 0 saturated carbocycles. The highest BCUT2D eigenvalue weighted by atomic mass is 35.5. The van der Waals surface area contributed by atoms with Gasteiger partial charge in [-0.15, -0.1) is 24.2 Å². The molecule has 0 aliphatic rings. The average molecular weight is 215 g/mol. The number of rotatable bonds is 2. The number of hydrogen-bond acceptors (Lipinski definition) is 3. The van der Waals surface area contributed by atoms with Gasteiger partial charge in [-0.1, -0.05) is 12.1 Å². The molecule has 1 rings (SSSR count). The molecular formula is C9H11ClN2S. The Hall–Kier alpha value is -0.690. The van der Waals surface area contributed by atoms with Crippen molar-refractivity contribution in [3.05, 3.63) is 29.8 Å². The van der Waals surface area contributed by atoms with Crippen molar-refractivity contribution < 1.29 is 0 Å². The van der Waals surface area contributed by atoms with Crippen molar-refractivity contribution in [1.29, 1.82) is 5.26 Å². The Bertz CT molecular complexity index is 291. The maximum absolute atomic E-state index is 8.53. The minimum absolute atomic E-state index is 0. The number of halogens is 1. The first-order valence-corrected chi connectivity index (χ1v) is 4.79. The molecule has 0 heterocycles. The van der Waals surface area contributed by atoms with Gasteiger partial charge in [0.1, 0.15) is 6.04 Å². The molecule has 0 aliphatic heterocycles. The third-order valence-electron chi connectivity index (χ3n) is 1.61. The SMILES string of the molecule is CSc1ccc(C(N)C#N)cc1.Cl. The summed E-state index contributed by atoms with van der Waals surface area (Å²) in [5.74, 6) is 0. The van der Waals surface area contributed by atoms with Crippen LogP contribution in [0.25, 0.3) is 0 Å². The summed E-state index contributed by atoms with van der Waals surface area (Å²) in [4.78, 5) is 1.18. The van der Waals surface area contributed by atoms with E-state index in [2.05, 4.69) is 0 Å². The van der Waals surface area contributed by atoms with Gasteiger partial charge in [0, 0.05) is 4.90 Å². The number of benzene rings is 1. The zero-order valence-electron chi connectivity index (χ0n) is 7.23. The molecule has 70 valence electrons. The quantitative estimate of drug-likeness (QED) is 0.769. The van der Waals surface area contributed by atoms with Crippen LogP contribution in [0.1, 0.15) is 11.6 Å². The maximum Gasteiger partial charge on any atom is 0.118 e. The molecule has 0 amide bonds. The van der Waals surface area contributed by atoms with Crippen molar-refractivity contribution >= 4 is 24.2 Å². The molecule has 0 aliphatic carbocycles. The number of nitriles is 1. The second kappa shape index (κ2) is 5.87. The van der Waals surface area contributed by atoms with Crippen LogP contribution in [-0.4, -0.2) is 6.26 Å². The van der Waals surface area contributed by atoms with E-state index in [-0.39, 0.29) is 12.4 Å². The Morgan fingerprint density at radius 2 is 1.92 bits per heavy atom. The highest BCUT2D eigenvalue weighted by molar-refractivity contribution is 7.98. The van der Waals surface area contributed by atoms with Crippen molar-refractivity contribution in [1.82, 2.24) is 0 Å². The molecule has 0 radical (unpaired) electrons. The first-order chi connectivity index (χ1) is 5.77. The van der Waals surface area contributed by atoms with Crippen molar-refractivity contribution in [2.24, 2.45) is 5.73 Å². The fraction of sp³-hybridized carbons (Fsp3) is 0.222. The molecule has 1 aromatic carbocycles. The largest absolute Gasteiger partial charge is 0.312 e. The van der Waals surface area contributed by atoms with Gasteiger partial charge in [0.05, 0.1) is 6.07 Å². The molecule has 2 nitrogen and oxygen atoms in total. The zero-order valence-corrected chi connectivity index (χ0v) is 8.86. The molecule has 2 N–H and O–H groups in total. The zero-order chi connectivity index (χ0) is 8.97. The average Bonchev–Trinajstić information content (AvgIpc) is 2.17. The van der Waals surface area contributed by atoms with E-state index < -0.39 is 6.04 Å². The van der Waals surface area contributed by atoms with E-state index in [9.17, 15) is 0 Å². The van der Waals surface area contributed by atoms with Crippen LogP contribution < -0.4 is 5.73 Å². The predicted octanol–water partition coefficient (Wildman–Crippen LogP) is 2.35. The number of thioether (sulfide) groups is 1. The summed E-state index contributed by atoms with van der Waals surface area (Å²) in [5.41, 5.74) is 6.39. The molecule has 0 fully saturated rings. The van der Waals surface area contributed by atoms with Crippen molar-refractivity contribution in [3.63, 3.8) is 0 Å². The van der Waals surface area contributed by atoms with Gasteiger partial charge in [0.15, 0.2) is 0 Å².